The number of carbonyl (C=O) groups excluding carboxylic acids is 1. The number of rotatable bonds is 9. The number of carbonyl (C=O) groups is 1. The molecule has 0 bridgehead atoms. The Morgan fingerprint density at radius 1 is 0.962 bits per heavy atom. The lowest BCUT2D eigenvalue weighted by Gasteiger charge is -2.28. The molecule has 0 atom stereocenters. The van der Waals surface area contributed by atoms with Crippen molar-refractivity contribution in [2.24, 2.45) is 0 Å². The van der Waals surface area contributed by atoms with E-state index in [1.54, 1.807) is 27.7 Å². The van der Waals surface area contributed by atoms with Gasteiger partial charge in [-0.25, -0.2) is 4.79 Å². The Hall–Kier alpha value is -1.27. The number of ether oxygens (including phenoxy) is 3. The van der Waals surface area contributed by atoms with Gasteiger partial charge in [-0.15, -0.1) is 0 Å². The van der Waals surface area contributed by atoms with Gasteiger partial charge in [0.2, 0.25) is 0 Å². The van der Waals surface area contributed by atoms with Crippen LogP contribution in [-0.4, -0.2) is 61.8 Å². The van der Waals surface area contributed by atoms with Crippen molar-refractivity contribution in [3.63, 3.8) is 0 Å². The SMILES string of the molecule is CCCN(OCC(OCC(F)(F)F)OCC(F)(F)F)C(=O)OC(C)(C)C. The highest BCUT2D eigenvalue weighted by molar-refractivity contribution is 5.66. The molecule has 0 fully saturated rings. The van der Waals surface area contributed by atoms with Gasteiger partial charge >= 0.3 is 18.4 Å². The van der Waals surface area contributed by atoms with E-state index in [2.05, 4.69) is 9.47 Å². The number of hydroxylamine groups is 2. The summed E-state index contributed by atoms with van der Waals surface area (Å²) >= 11 is 0. The lowest BCUT2D eigenvalue weighted by molar-refractivity contribution is -0.285. The van der Waals surface area contributed by atoms with Gasteiger partial charge in [0, 0.05) is 0 Å². The maximum Gasteiger partial charge on any atom is 0.434 e. The van der Waals surface area contributed by atoms with Crippen LogP contribution in [0.4, 0.5) is 31.1 Å². The molecule has 156 valence electrons. The van der Waals surface area contributed by atoms with Crippen LogP contribution in [0, 0.1) is 0 Å². The molecule has 0 aliphatic rings. The van der Waals surface area contributed by atoms with E-state index in [9.17, 15) is 31.1 Å². The molecule has 0 aromatic rings. The van der Waals surface area contributed by atoms with E-state index in [-0.39, 0.29) is 6.54 Å². The van der Waals surface area contributed by atoms with Crippen LogP contribution in [0.2, 0.25) is 0 Å². The van der Waals surface area contributed by atoms with Crippen LogP contribution in [-0.2, 0) is 19.0 Å². The number of amides is 1. The average Bonchev–Trinajstić information content (AvgIpc) is 2.40. The lowest BCUT2D eigenvalue weighted by atomic mass is 10.2. The van der Waals surface area contributed by atoms with Crippen LogP contribution in [0.15, 0.2) is 0 Å². The van der Waals surface area contributed by atoms with Crippen LogP contribution in [0.1, 0.15) is 34.1 Å². The smallest absolute Gasteiger partial charge is 0.434 e. The van der Waals surface area contributed by atoms with E-state index in [0.717, 1.165) is 0 Å². The number of nitrogens with zero attached hydrogens (tertiary/aromatic N) is 1. The fourth-order valence-corrected chi connectivity index (χ4v) is 1.39. The molecule has 0 rings (SSSR count). The predicted molar refractivity (Wildman–Crippen MR) is 77.0 cm³/mol. The van der Waals surface area contributed by atoms with Gasteiger partial charge in [0.05, 0.1) is 6.54 Å². The molecule has 26 heavy (non-hydrogen) atoms. The Morgan fingerprint density at radius 3 is 1.77 bits per heavy atom. The Kier molecular flexibility index (Phi) is 9.67. The second kappa shape index (κ2) is 10.2. The number of hydrogen-bond acceptors (Lipinski definition) is 5. The fraction of sp³-hybridized carbons (Fsp3) is 0.929. The van der Waals surface area contributed by atoms with Crippen molar-refractivity contribution < 1.29 is 50.2 Å². The topological polar surface area (TPSA) is 57.2 Å². The molecule has 0 heterocycles. The largest absolute Gasteiger partial charge is 0.442 e. The second-order valence-electron chi connectivity index (χ2n) is 6.16. The minimum Gasteiger partial charge on any atom is -0.442 e. The first-order valence-electron chi connectivity index (χ1n) is 7.63. The first kappa shape index (κ1) is 24.7. The highest BCUT2D eigenvalue weighted by Gasteiger charge is 2.33. The van der Waals surface area contributed by atoms with Gasteiger partial charge in [-0.1, -0.05) is 6.92 Å². The Balaban J connectivity index is 4.83. The minimum absolute atomic E-state index is 0.000174. The maximum absolute atomic E-state index is 12.2. The highest BCUT2D eigenvalue weighted by Crippen LogP contribution is 2.19. The zero-order valence-corrected chi connectivity index (χ0v) is 14.9. The zero-order valence-electron chi connectivity index (χ0n) is 14.9. The molecule has 12 heteroatoms. The van der Waals surface area contributed by atoms with E-state index < -0.39 is 50.2 Å². The second-order valence-corrected chi connectivity index (χ2v) is 6.16. The monoisotopic (exact) mass is 399 g/mol. The standard InChI is InChI=1S/C14H23F6NO5/c1-5-6-21(11(22)26-12(2,3)4)25-7-10(23-8-13(15,16)17)24-9-14(18,19)20/h10H,5-9H2,1-4H3. The molecule has 0 saturated carbocycles. The Bertz CT molecular complexity index is 404. The normalized spacial score (nSPS) is 13.2. The number of alkyl halides is 6. The number of halogens is 6. The van der Waals surface area contributed by atoms with Gasteiger partial charge < -0.3 is 14.2 Å². The molecule has 0 radical (unpaired) electrons. The molecule has 6 nitrogen and oxygen atoms in total. The summed E-state index contributed by atoms with van der Waals surface area (Å²) in [5, 5.41) is 0.687. The minimum atomic E-state index is -4.77. The Morgan fingerprint density at radius 2 is 1.42 bits per heavy atom. The first-order chi connectivity index (χ1) is 11.6. The molecule has 0 aliphatic carbocycles. The molecule has 0 aliphatic heterocycles. The quantitative estimate of drug-likeness (QED) is 0.333. The first-order valence-corrected chi connectivity index (χ1v) is 7.63. The van der Waals surface area contributed by atoms with Crippen molar-refractivity contribution in [1.82, 2.24) is 5.06 Å². The summed E-state index contributed by atoms with van der Waals surface area (Å²) in [4.78, 5) is 16.9. The van der Waals surface area contributed by atoms with Crippen molar-refractivity contribution in [1.29, 1.82) is 0 Å². The molecule has 0 aromatic heterocycles. The van der Waals surface area contributed by atoms with Gasteiger partial charge in [0.15, 0.2) is 6.29 Å². The van der Waals surface area contributed by atoms with Crippen molar-refractivity contribution >= 4 is 6.09 Å². The summed E-state index contributed by atoms with van der Waals surface area (Å²) in [5.41, 5.74) is -0.870. The van der Waals surface area contributed by atoms with Crippen LogP contribution in [0.5, 0.6) is 0 Å². The Labute approximate surface area is 147 Å². The third-order valence-electron chi connectivity index (χ3n) is 2.26. The van der Waals surface area contributed by atoms with Gasteiger partial charge in [0.1, 0.15) is 25.4 Å². The molecule has 0 aromatic carbocycles. The summed E-state index contributed by atoms with van der Waals surface area (Å²) in [6.45, 7) is 1.88. The van der Waals surface area contributed by atoms with E-state index in [1.807, 2.05) is 0 Å². The van der Waals surface area contributed by atoms with E-state index in [4.69, 9.17) is 9.57 Å². The van der Waals surface area contributed by atoms with Crippen molar-refractivity contribution in [2.75, 3.05) is 26.4 Å². The van der Waals surface area contributed by atoms with E-state index >= 15 is 0 Å². The lowest BCUT2D eigenvalue weighted by Crippen LogP contribution is -2.40. The molecule has 0 spiro atoms. The summed E-state index contributed by atoms with van der Waals surface area (Å²) in [5.74, 6) is 0. The van der Waals surface area contributed by atoms with Gasteiger partial charge in [-0.2, -0.15) is 31.4 Å². The van der Waals surface area contributed by atoms with E-state index in [0.29, 0.717) is 11.5 Å². The van der Waals surface area contributed by atoms with Gasteiger partial charge in [-0.05, 0) is 27.2 Å². The molecular weight excluding hydrogens is 376 g/mol. The fourth-order valence-electron chi connectivity index (χ4n) is 1.39. The van der Waals surface area contributed by atoms with Crippen LogP contribution < -0.4 is 0 Å². The average molecular weight is 399 g/mol. The predicted octanol–water partition coefficient (Wildman–Crippen LogP) is 4.05. The number of hydrogen-bond donors (Lipinski definition) is 0. The van der Waals surface area contributed by atoms with Crippen LogP contribution >= 0.6 is 0 Å². The van der Waals surface area contributed by atoms with Crippen molar-refractivity contribution in [2.45, 2.75) is 58.4 Å². The van der Waals surface area contributed by atoms with Crippen LogP contribution in [0.25, 0.3) is 0 Å². The summed E-state index contributed by atoms with van der Waals surface area (Å²) in [6.07, 6.45) is -12.1. The zero-order chi connectivity index (χ0) is 20.6. The molecule has 0 saturated heterocycles. The third-order valence-corrected chi connectivity index (χ3v) is 2.26. The van der Waals surface area contributed by atoms with Crippen molar-refractivity contribution in [3.8, 4) is 0 Å². The summed E-state index contributed by atoms with van der Waals surface area (Å²) < 4.78 is 86.7. The van der Waals surface area contributed by atoms with Gasteiger partial charge in [0.25, 0.3) is 0 Å². The van der Waals surface area contributed by atoms with Crippen molar-refractivity contribution in [3.05, 3.63) is 0 Å². The maximum atomic E-state index is 12.2. The summed E-state index contributed by atoms with van der Waals surface area (Å²) in [7, 11) is 0. The summed E-state index contributed by atoms with van der Waals surface area (Å²) in [6, 6.07) is 0. The highest BCUT2D eigenvalue weighted by atomic mass is 19.4. The molecule has 1 amide bonds. The molecular formula is C14H23F6NO5. The molecule has 0 unspecified atom stereocenters. The van der Waals surface area contributed by atoms with Crippen LogP contribution in [0.3, 0.4) is 0 Å². The third kappa shape index (κ3) is 14.0. The van der Waals surface area contributed by atoms with E-state index in [1.165, 1.54) is 0 Å². The molecule has 0 N–H and O–H groups in total. The van der Waals surface area contributed by atoms with Gasteiger partial charge in [-0.3, -0.25) is 4.84 Å².